The number of amides is 1. The van der Waals surface area contributed by atoms with Crippen molar-refractivity contribution in [2.45, 2.75) is 13.1 Å². The molecule has 0 aromatic heterocycles. The van der Waals surface area contributed by atoms with Gasteiger partial charge in [-0.15, -0.1) is 0 Å². The summed E-state index contributed by atoms with van der Waals surface area (Å²) in [6, 6.07) is 22.1. The van der Waals surface area contributed by atoms with Crippen LogP contribution in [-0.2, 0) is 0 Å². The van der Waals surface area contributed by atoms with E-state index in [1.807, 2.05) is 68.4 Å². The molecule has 0 fully saturated rings. The number of benzene rings is 3. The standard InChI is InChI=1S/C23H22BrN3O/c1-15-5-4-6-19(13-15)27-22(16-7-10-18(11-8-16)26(2)3)25-21-12-9-17(24)14-20(21)23(27)28/h4-14,22,25H,1-3H3/t22-/m0/s1. The molecule has 0 aliphatic carbocycles. The first-order chi connectivity index (χ1) is 13.4. The van der Waals surface area contributed by atoms with Crippen molar-refractivity contribution in [3.8, 4) is 0 Å². The first-order valence-corrected chi connectivity index (χ1v) is 9.97. The fourth-order valence-electron chi connectivity index (χ4n) is 3.51. The number of anilines is 3. The summed E-state index contributed by atoms with van der Waals surface area (Å²) in [6.07, 6.45) is -0.279. The normalized spacial score (nSPS) is 15.8. The number of nitrogens with one attached hydrogen (secondary N) is 1. The first kappa shape index (κ1) is 18.6. The Morgan fingerprint density at radius 3 is 2.43 bits per heavy atom. The molecule has 142 valence electrons. The third kappa shape index (κ3) is 3.38. The summed E-state index contributed by atoms with van der Waals surface area (Å²) >= 11 is 3.48. The van der Waals surface area contributed by atoms with Crippen molar-refractivity contribution in [1.82, 2.24) is 0 Å². The maximum atomic E-state index is 13.5. The van der Waals surface area contributed by atoms with Gasteiger partial charge in [-0.05, 0) is 60.5 Å². The zero-order chi connectivity index (χ0) is 19.8. The quantitative estimate of drug-likeness (QED) is 0.581. The molecule has 0 spiro atoms. The number of aryl methyl sites for hydroxylation is 1. The van der Waals surface area contributed by atoms with Gasteiger partial charge < -0.3 is 10.2 Å². The Kier molecular flexibility index (Phi) is 4.85. The van der Waals surface area contributed by atoms with E-state index in [0.717, 1.165) is 32.7 Å². The van der Waals surface area contributed by atoms with Gasteiger partial charge in [0.2, 0.25) is 0 Å². The minimum atomic E-state index is -0.279. The molecule has 0 unspecified atom stereocenters. The monoisotopic (exact) mass is 435 g/mol. The van der Waals surface area contributed by atoms with Crippen molar-refractivity contribution >= 4 is 38.9 Å². The van der Waals surface area contributed by atoms with Gasteiger partial charge in [0.05, 0.1) is 5.56 Å². The van der Waals surface area contributed by atoms with Crippen LogP contribution in [0.15, 0.2) is 71.2 Å². The second-order valence-electron chi connectivity index (χ2n) is 7.24. The lowest BCUT2D eigenvalue weighted by molar-refractivity contribution is 0.0975. The highest BCUT2D eigenvalue weighted by Gasteiger charge is 2.34. The van der Waals surface area contributed by atoms with Gasteiger partial charge in [0.15, 0.2) is 0 Å². The number of carbonyl (C=O) groups excluding carboxylic acids is 1. The molecule has 0 saturated carbocycles. The average molecular weight is 436 g/mol. The molecule has 0 bridgehead atoms. The van der Waals surface area contributed by atoms with Crippen LogP contribution in [0.4, 0.5) is 17.1 Å². The van der Waals surface area contributed by atoms with Crippen molar-refractivity contribution in [1.29, 1.82) is 0 Å². The van der Waals surface area contributed by atoms with Crippen LogP contribution in [0.25, 0.3) is 0 Å². The van der Waals surface area contributed by atoms with Crippen LogP contribution < -0.4 is 15.1 Å². The number of hydrogen-bond donors (Lipinski definition) is 1. The molecule has 4 rings (SSSR count). The van der Waals surface area contributed by atoms with E-state index in [2.05, 4.69) is 50.4 Å². The molecule has 1 atom stereocenters. The van der Waals surface area contributed by atoms with Gasteiger partial charge in [0, 0.05) is 35.6 Å². The summed E-state index contributed by atoms with van der Waals surface area (Å²) in [5.41, 5.74) is 5.67. The highest BCUT2D eigenvalue weighted by atomic mass is 79.9. The molecule has 1 amide bonds. The van der Waals surface area contributed by atoms with E-state index in [9.17, 15) is 4.79 Å². The topological polar surface area (TPSA) is 35.6 Å². The molecule has 1 N–H and O–H groups in total. The van der Waals surface area contributed by atoms with Crippen LogP contribution >= 0.6 is 15.9 Å². The highest BCUT2D eigenvalue weighted by Crippen LogP contribution is 2.38. The number of carbonyl (C=O) groups is 1. The number of halogens is 1. The molecule has 5 heteroatoms. The van der Waals surface area contributed by atoms with E-state index in [0.29, 0.717) is 5.56 Å². The Morgan fingerprint density at radius 2 is 1.75 bits per heavy atom. The third-order valence-electron chi connectivity index (χ3n) is 4.99. The molecular weight excluding hydrogens is 414 g/mol. The molecule has 0 radical (unpaired) electrons. The molecular formula is C23H22BrN3O. The SMILES string of the molecule is Cc1cccc(N2C(=O)c3cc(Br)ccc3N[C@@H]2c2ccc(N(C)C)cc2)c1. The number of rotatable bonds is 3. The molecule has 3 aromatic rings. The summed E-state index contributed by atoms with van der Waals surface area (Å²) < 4.78 is 0.888. The van der Waals surface area contributed by atoms with Gasteiger partial charge >= 0.3 is 0 Å². The second kappa shape index (κ2) is 7.32. The molecule has 3 aromatic carbocycles. The lowest BCUT2D eigenvalue weighted by Gasteiger charge is -2.38. The number of fused-ring (bicyclic) bond motifs is 1. The number of nitrogens with zero attached hydrogens (tertiary/aromatic N) is 2. The lowest BCUT2D eigenvalue weighted by Crippen LogP contribution is -2.43. The Hall–Kier alpha value is -2.79. The Bertz CT molecular complexity index is 1030. The minimum absolute atomic E-state index is 0.0117. The molecule has 28 heavy (non-hydrogen) atoms. The van der Waals surface area contributed by atoms with E-state index >= 15 is 0 Å². The van der Waals surface area contributed by atoms with Crippen LogP contribution in [-0.4, -0.2) is 20.0 Å². The predicted octanol–water partition coefficient (Wildman–Crippen LogP) is 5.59. The van der Waals surface area contributed by atoms with E-state index in [4.69, 9.17) is 0 Å². The second-order valence-corrected chi connectivity index (χ2v) is 8.15. The van der Waals surface area contributed by atoms with Crippen LogP contribution in [0, 0.1) is 6.92 Å². The fraction of sp³-hybridized carbons (Fsp3) is 0.174. The van der Waals surface area contributed by atoms with Crippen LogP contribution in [0.2, 0.25) is 0 Å². The van der Waals surface area contributed by atoms with Crippen molar-refractivity contribution in [3.05, 3.63) is 87.9 Å². The largest absolute Gasteiger partial charge is 0.378 e. The van der Waals surface area contributed by atoms with E-state index in [1.165, 1.54) is 0 Å². The summed E-state index contributed by atoms with van der Waals surface area (Å²) in [7, 11) is 4.04. The van der Waals surface area contributed by atoms with Gasteiger partial charge in [-0.2, -0.15) is 0 Å². The maximum absolute atomic E-state index is 13.5. The van der Waals surface area contributed by atoms with Crippen LogP contribution in [0.5, 0.6) is 0 Å². The molecule has 1 heterocycles. The Labute approximate surface area is 173 Å². The fourth-order valence-corrected chi connectivity index (χ4v) is 3.87. The maximum Gasteiger partial charge on any atom is 0.262 e. The molecule has 0 saturated heterocycles. The van der Waals surface area contributed by atoms with E-state index < -0.39 is 0 Å². The Morgan fingerprint density at radius 1 is 1.00 bits per heavy atom. The van der Waals surface area contributed by atoms with Gasteiger partial charge in [0.25, 0.3) is 5.91 Å². The lowest BCUT2D eigenvalue weighted by atomic mass is 10.0. The van der Waals surface area contributed by atoms with E-state index in [1.54, 1.807) is 0 Å². The summed E-state index contributed by atoms with van der Waals surface area (Å²) in [5.74, 6) is -0.0117. The van der Waals surface area contributed by atoms with Crippen molar-refractivity contribution in [3.63, 3.8) is 0 Å². The van der Waals surface area contributed by atoms with Gasteiger partial charge in [-0.25, -0.2) is 0 Å². The van der Waals surface area contributed by atoms with Crippen LogP contribution in [0.1, 0.15) is 27.7 Å². The van der Waals surface area contributed by atoms with Crippen molar-refractivity contribution in [2.24, 2.45) is 0 Å². The summed E-state index contributed by atoms with van der Waals surface area (Å²) in [5, 5.41) is 3.56. The number of hydrogen-bond acceptors (Lipinski definition) is 3. The summed E-state index contributed by atoms with van der Waals surface area (Å²) in [4.78, 5) is 17.4. The van der Waals surface area contributed by atoms with Gasteiger partial charge in [-0.1, -0.05) is 40.2 Å². The zero-order valence-corrected chi connectivity index (χ0v) is 17.7. The summed E-state index contributed by atoms with van der Waals surface area (Å²) in [6.45, 7) is 2.04. The van der Waals surface area contributed by atoms with Crippen molar-refractivity contribution in [2.75, 3.05) is 29.2 Å². The van der Waals surface area contributed by atoms with Gasteiger partial charge in [-0.3, -0.25) is 9.69 Å². The average Bonchev–Trinajstić information content (AvgIpc) is 2.68. The Balaban J connectivity index is 1.83. The molecule has 1 aliphatic rings. The van der Waals surface area contributed by atoms with E-state index in [-0.39, 0.29) is 12.1 Å². The van der Waals surface area contributed by atoms with Crippen molar-refractivity contribution < 1.29 is 4.79 Å². The highest BCUT2D eigenvalue weighted by molar-refractivity contribution is 9.10. The molecule has 4 nitrogen and oxygen atoms in total. The van der Waals surface area contributed by atoms with Crippen LogP contribution in [0.3, 0.4) is 0 Å². The third-order valence-corrected chi connectivity index (χ3v) is 5.48. The van der Waals surface area contributed by atoms with Gasteiger partial charge in [0.1, 0.15) is 6.17 Å². The minimum Gasteiger partial charge on any atom is -0.378 e. The predicted molar refractivity (Wildman–Crippen MR) is 119 cm³/mol. The first-order valence-electron chi connectivity index (χ1n) is 9.17. The smallest absolute Gasteiger partial charge is 0.262 e. The zero-order valence-electron chi connectivity index (χ0n) is 16.1. The molecule has 1 aliphatic heterocycles.